The van der Waals surface area contributed by atoms with Gasteiger partial charge in [0.2, 0.25) is 18.5 Å². The molecule has 58 heavy (non-hydrogen) atoms. The van der Waals surface area contributed by atoms with Crippen molar-refractivity contribution in [2.45, 2.75) is 50.8 Å². The molecule has 2 aromatic carbocycles. The van der Waals surface area contributed by atoms with Gasteiger partial charge in [0.05, 0.1) is 17.3 Å². The second-order valence-electron chi connectivity index (χ2n) is 15.6. The number of halogens is 1. The first kappa shape index (κ1) is 42.9. The van der Waals surface area contributed by atoms with Crippen molar-refractivity contribution >= 4 is 46.8 Å². The normalized spacial score (nSPS) is 21.4. The van der Waals surface area contributed by atoms with E-state index in [0.717, 1.165) is 17.0 Å². The minimum atomic E-state index is -2.84. The van der Waals surface area contributed by atoms with Crippen LogP contribution in [0, 0.1) is 17.7 Å². The molecule has 3 aliphatic rings. The van der Waals surface area contributed by atoms with Crippen LogP contribution in [0.2, 0.25) is 0 Å². The van der Waals surface area contributed by atoms with E-state index in [1.165, 1.54) is 37.2 Å². The lowest BCUT2D eigenvalue weighted by molar-refractivity contribution is -0.155. The van der Waals surface area contributed by atoms with Gasteiger partial charge >= 0.3 is 12.1 Å². The molecule has 7 N–H and O–H groups in total. The summed E-state index contributed by atoms with van der Waals surface area (Å²) in [7, 11) is 6.37. The molecule has 0 radical (unpaired) electrons. The van der Waals surface area contributed by atoms with Crippen LogP contribution >= 0.6 is 0 Å². The Morgan fingerprint density at radius 2 is 1.66 bits per heavy atom. The van der Waals surface area contributed by atoms with Crippen LogP contribution in [-0.4, -0.2) is 131 Å². The Labute approximate surface area is 332 Å². The number of aliphatic hydroxyl groups excluding tert-OH is 2. The number of primary amides is 1. The number of Topliss-reactive ketones (excluding diaryl/α,β-unsaturated/α-hetero) is 2. The number of nitrogens with two attached hydrogens (primary N) is 1. The number of nitrogens with one attached hydrogen (secondary N) is 1. The maximum Gasteiger partial charge on any atom is 0.413 e. The summed E-state index contributed by atoms with van der Waals surface area (Å²) in [5.41, 5.74) is 0.352. The van der Waals surface area contributed by atoms with Crippen molar-refractivity contribution in [3.8, 4) is 11.5 Å². The molecule has 18 nitrogen and oxygen atoms in total. The number of carbonyl (C=O) groups excluding carboxylic acids is 6. The highest BCUT2D eigenvalue weighted by Gasteiger charge is 2.63. The highest BCUT2D eigenvalue weighted by Crippen LogP contribution is 2.54. The average Bonchev–Trinajstić information content (AvgIpc) is 3.12. The number of amides is 3. The molecule has 0 saturated carbocycles. The second-order valence-corrected chi connectivity index (χ2v) is 15.6. The topological polar surface area (TPSA) is 259 Å². The Kier molecular flexibility index (Phi) is 11.8. The number of hydrogen-bond donors (Lipinski definition) is 6. The Morgan fingerprint density at radius 1 is 1.02 bits per heavy atom. The number of anilines is 2. The number of allylic oxidation sites excluding steroid dienone is 1. The van der Waals surface area contributed by atoms with Gasteiger partial charge in [-0.1, -0.05) is 0 Å². The van der Waals surface area contributed by atoms with E-state index in [1.807, 2.05) is 0 Å². The van der Waals surface area contributed by atoms with E-state index >= 15 is 0 Å². The minimum Gasteiger partial charge on any atom is -0.510 e. The summed E-state index contributed by atoms with van der Waals surface area (Å²) < 4.78 is 28.3. The molecule has 3 aliphatic carbocycles. The standard InChI is InChI=1S/C39H46FN5O13/c1-38(2,3)45(37(54)58-17-57-26(47)16-56-20-10-8-19(40)9-11-20)15-25(46)42-23-14-24(43(4)5)21-12-18-13-22-30(44(6)7)33(50)29(36(41)53)35(52)39(22,55)34(51)27(18)32(49)28(21)31(23)48/h8-11,14,18,22,30,48,50-51,55H,12-13,15-17H2,1-7H3,(H2,41,53)(H,42,46)/t18-,22-,30-,39-/m0/s1. The van der Waals surface area contributed by atoms with Crippen LogP contribution in [0.5, 0.6) is 11.5 Å². The molecule has 0 saturated heterocycles. The zero-order valence-electron chi connectivity index (χ0n) is 32.9. The highest BCUT2D eigenvalue weighted by molar-refractivity contribution is 6.25. The molecule has 0 unspecified atom stereocenters. The largest absolute Gasteiger partial charge is 0.510 e. The first-order valence-electron chi connectivity index (χ1n) is 18.0. The van der Waals surface area contributed by atoms with Crippen molar-refractivity contribution < 1.29 is 67.8 Å². The Balaban J connectivity index is 1.38. The van der Waals surface area contributed by atoms with E-state index in [0.29, 0.717) is 11.3 Å². The van der Waals surface area contributed by atoms with Crippen molar-refractivity contribution in [2.75, 3.05) is 58.4 Å². The van der Waals surface area contributed by atoms with Gasteiger partial charge < -0.3 is 50.6 Å². The average molecular weight is 812 g/mol. The summed E-state index contributed by atoms with van der Waals surface area (Å²) in [4.78, 5) is 83.1. The lowest BCUT2D eigenvalue weighted by Gasteiger charge is -2.50. The molecule has 312 valence electrons. The number of fused-ring (bicyclic) bond motifs is 3. The first-order chi connectivity index (χ1) is 27.0. The Bertz CT molecular complexity index is 2130. The van der Waals surface area contributed by atoms with Crippen LogP contribution in [0.15, 0.2) is 53.0 Å². The lowest BCUT2D eigenvalue weighted by atomic mass is 9.58. The second kappa shape index (κ2) is 16.0. The maximum absolute atomic E-state index is 14.4. The number of phenolic OH excluding ortho intramolecular Hbond substituents is 1. The quantitative estimate of drug-likeness (QED) is 0.0822. The molecule has 0 bridgehead atoms. The van der Waals surface area contributed by atoms with E-state index in [9.17, 15) is 53.6 Å². The number of rotatable bonds is 11. The van der Waals surface area contributed by atoms with Crippen molar-refractivity contribution in [1.29, 1.82) is 0 Å². The summed E-state index contributed by atoms with van der Waals surface area (Å²) >= 11 is 0. The third-order valence-corrected chi connectivity index (χ3v) is 10.4. The zero-order chi connectivity index (χ0) is 43.2. The molecule has 2 aromatic rings. The number of benzene rings is 2. The van der Waals surface area contributed by atoms with Gasteiger partial charge in [-0.2, -0.15) is 0 Å². The van der Waals surface area contributed by atoms with E-state index in [-0.39, 0.29) is 29.8 Å². The van der Waals surface area contributed by atoms with Gasteiger partial charge in [-0.3, -0.25) is 29.0 Å². The van der Waals surface area contributed by atoms with Gasteiger partial charge in [-0.25, -0.2) is 14.0 Å². The fourth-order valence-corrected chi connectivity index (χ4v) is 7.64. The maximum atomic E-state index is 14.4. The van der Waals surface area contributed by atoms with E-state index in [2.05, 4.69) is 5.32 Å². The monoisotopic (exact) mass is 811 g/mol. The minimum absolute atomic E-state index is 0.0103. The number of likely N-dealkylation sites (N-methyl/N-ethyl adjacent to an activating group) is 1. The summed E-state index contributed by atoms with van der Waals surface area (Å²) in [5, 5.41) is 48.7. The Hall–Kier alpha value is -6.21. The lowest BCUT2D eigenvalue weighted by Crippen LogP contribution is -2.63. The molecule has 5 rings (SSSR count). The first-order valence-corrected chi connectivity index (χ1v) is 18.0. The fourth-order valence-electron chi connectivity index (χ4n) is 7.64. The van der Waals surface area contributed by atoms with Crippen molar-refractivity contribution in [2.24, 2.45) is 17.6 Å². The van der Waals surface area contributed by atoms with Gasteiger partial charge in [0.15, 0.2) is 23.7 Å². The van der Waals surface area contributed by atoms with Crippen LogP contribution in [0.25, 0.3) is 0 Å². The van der Waals surface area contributed by atoms with Crippen LogP contribution < -0.4 is 20.7 Å². The molecule has 19 heteroatoms. The molecule has 4 atom stereocenters. The number of carbonyl (C=O) groups is 6. The molecule has 0 fully saturated rings. The van der Waals surface area contributed by atoms with Crippen molar-refractivity contribution in [3.63, 3.8) is 0 Å². The number of ketones is 2. The zero-order valence-corrected chi connectivity index (χ0v) is 32.9. The van der Waals surface area contributed by atoms with Gasteiger partial charge in [-0.05, 0) is 89.5 Å². The molecule has 0 heterocycles. The number of hydrogen-bond acceptors (Lipinski definition) is 15. The van der Waals surface area contributed by atoms with E-state index < -0.39 is 119 Å². The molecular formula is C39H46FN5O13. The van der Waals surface area contributed by atoms with Crippen molar-refractivity contribution in [3.05, 3.63) is 69.9 Å². The number of aliphatic hydroxyl groups is 3. The van der Waals surface area contributed by atoms with Crippen LogP contribution in [0.3, 0.4) is 0 Å². The molecule has 0 aliphatic heterocycles. The van der Waals surface area contributed by atoms with Crippen LogP contribution in [0.4, 0.5) is 20.6 Å². The van der Waals surface area contributed by atoms with Gasteiger partial charge in [-0.15, -0.1) is 0 Å². The summed E-state index contributed by atoms with van der Waals surface area (Å²) in [6.45, 7) is 2.76. The summed E-state index contributed by atoms with van der Waals surface area (Å²) in [6.07, 6.45) is -1.15. The van der Waals surface area contributed by atoms with E-state index in [1.54, 1.807) is 39.8 Å². The summed E-state index contributed by atoms with van der Waals surface area (Å²) in [5.74, 6) is -10.2. The summed E-state index contributed by atoms with van der Waals surface area (Å²) in [6, 6.07) is 5.15. The third-order valence-electron chi connectivity index (χ3n) is 10.4. The molecule has 3 amide bonds. The van der Waals surface area contributed by atoms with Gasteiger partial charge in [0, 0.05) is 36.8 Å². The smallest absolute Gasteiger partial charge is 0.413 e. The highest BCUT2D eigenvalue weighted by atomic mass is 19.1. The van der Waals surface area contributed by atoms with Crippen LogP contribution in [-0.2, 0) is 35.1 Å². The molecular weight excluding hydrogens is 765 g/mol. The van der Waals surface area contributed by atoms with Gasteiger partial charge in [0.25, 0.3) is 5.91 Å². The third kappa shape index (κ3) is 7.86. The molecule has 0 spiro atoms. The van der Waals surface area contributed by atoms with Crippen LogP contribution in [0.1, 0.15) is 43.1 Å². The van der Waals surface area contributed by atoms with Gasteiger partial charge in [0.1, 0.15) is 35.2 Å². The predicted molar refractivity (Wildman–Crippen MR) is 202 cm³/mol. The molecule has 0 aromatic heterocycles. The van der Waals surface area contributed by atoms with E-state index in [4.69, 9.17) is 19.9 Å². The Morgan fingerprint density at radius 3 is 2.22 bits per heavy atom. The van der Waals surface area contributed by atoms with Crippen molar-refractivity contribution in [1.82, 2.24) is 9.80 Å². The predicted octanol–water partition coefficient (Wildman–Crippen LogP) is 2.08. The SMILES string of the molecule is CN(C)c1cc(NC(=O)CN(C(=O)OCOC(=O)COc2ccc(F)cc2)C(C)(C)C)c(O)c2c1C[C@H]1C[C@H]3[C@H](N(C)C)C(O)=C(C(N)=O)C(=O)[C@@]3(O)C(O)=C1C2=O. The number of phenols is 1. The number of aromatic hydroxyl groups is 1. The number of ether oxygens (including phenoxy) is 3. The fraction of sp³-hybridized carbons (Fsp3) is 0.436. The number of esters is 1. The number of nitrogens with zero attached hydrogens (tertiary/aromatic N) is 3.